The Bertz CT molecular complexity index is 808. The van der Waals surface area contributed by atoms with Gasteiger partial charge < -0.3 is 28.8 Å². The van der Waals surface area contributed by atoms with Crippen molar-refractivity contribution < 1.29 is 33.6 Å². The van der Waals surface area contributed by atoms with Crippen LogP contribution < -0.4 is 9.47 Å². The normalized spacial score (nSPS) is 21.1. The van der Waals surface area contributed by atoms with Crippen molar-refractivity contribution in [3.05, 3.63) is 59.7 Å². The van der Waals surface area contributed by atoms with E-state index < -0.39 is 24.5 Å². The summed E-state index contributed by atoms with van der Waals surface area (Å²) in [6, 6.07) is 15.0. The summed E-state index contributed by atoms with van der Waals surface area (Å²) >= 11 is 0. The number of aliphatic hydroxyl groups excluding tert-OH is 1. The first-order valence-corrected chi connectivity index (χ1v) is 9.97. The quantitative estimate of drug-likeness (QED) is 0.629. The molecule has 2 aromatic rings. The molecular formula is C23H28O7. The lowest BCUT2D eigenvalue weighted by molar-refractivity contribution is -0.210. The molecule has 2 aromatic carbocycles. The van der Waals surface area contributed by atoms with Crippen LogP contribution in [0.15, 0.2) is 48.5 Å². The number of hydrogen-bond donors (Lipinski definition) is 1. The number of aliphatic hydroxyl groups is 1. The molecule has 0 bridgehead atoms. The van der Waals surface area contributed by atoms with Gasteiger partial charge in [-0.25, -0.2) is 4.79 Å². The summed E-state index contributed by atoms with van der Waals surface area (Å²) in [5.74, 6) is 0.523. The minimum absolute atomic E-state index is 0.0351. The third-order valence-electron chi connectivity index (χ3n) is 4.90. The molecule has 7 nitrogen and oxygen atoms in total. The molecule has 3 unspecified atom stereocenters. The standard InChI is InChI=1S/C23H28O7/c1-26-21-12-17(8-9-20(21)28-11-10-16-6-4-3-5-7-16)23(25)29-15-19-13-18(24)14-22(27-2)30-19/h3-9,12,18-19,22,24H,10-11,13-15H2,1-2H3. The van der Waals surface area contributed by atoms with Crippen LogP contribution in [0.4, 0.5) is 0 Å². The first-order chi connectivity index (χ1) is 14.6. The molecule has 7 heteroatoms. The van der Waals surface area contributed by atoms with Gasteiger partial charge in [-0.2, -0.15) is 0 Å². The third kappa shape index (κ3) is 6.19. The molecule has 30 heavy (non-hydrogen) atoms. The van der Waals surface area contributed by atoms with Gasteiger partial charge in [0.25, 0.3) is 0 Å². The fourth-order valence-electron chi connectivity index (χ4n) is 3.30. The average molecular weight is 416 g/mol. The highest BCUT2D eigenvalue weighted by Gasteiger charge is 2.29. The van der Waals surface area contributed by atoms with Crippen molar-refractivity contribution in [3.63, 3.8) is 0 Å². The minimum atomic E-state index is -0.542. The van der Waals surface area contributed by atoms with E-state index in [4.69, 9.17) is 23.7 Å². The summed E-state index contributed by atoms with van der Waals surface area (Å²) in [5.41, 5.74) is 1.53. The summed E-state index contributed by atoms with van der Waals surface area (Å²) in [4.78, 5) is 12.4. The van der Waals surface area contributed by atoms with Crippen LogP contribution in [0.2, 0.25) is 0 Å². The van der Waals surface area contributed by atoms with Crippen molar-refractivity contribution in [1.82, 2.24) is 0 Å². The van der Waals surface area contributed by atoms with Crippen LogP contribution in [0.25, 0.3) is 0 Å². The van der Waals surface area contributed by atoms with Gasteiger partial charge in [0.05, 0.1) is 31.5 Å². The number of esters is 1. The second kappa shape index (κ2) is 11.0. The molecule has 3 rings (SSSR count). The zero-order chi connectivity index (χ0) is 21.3. The van der Waals surface area contributed by atoms with Crippen molar-refractivity contribution >= 4 is 5.97 Å². The highest BCUT2D eigenvalue weighted by atomic mass is 16.7. The maximum absolute atomic E-state index is 12.4. The lowest BCUT2D eigenvalue weighted by Gasteiger charge is -2.31. The Morgan fingerprint density at radius 3 is 2.63 bits per heavy atom. The molecule has 0 amide bonds. The Balaban J connectivity index is 1.53. The van der Waals surface area contributed by atoms with Crippen LogP contribution in [0.3, 0.4) is 0 Å². The van der Waals surface area contributed by atoms with E-state index in [1.807, 2.05) is 30.3 Å². The van der Waals surface area contributed by atoms with Crippen LogP contribution in [0.1, 0.15) is 28.8 Å². The van der Waals surface area contributed by atoms with Crippen LogP contribution in [-0.2, 0) is 20.6 Å². The summed E-state index contributed by atoms with van der Waals surface area (Å²) in [7, 11) is 3.04. The largest absolute Gasteiger partial charge is 0.493 e. The lowest BCUT2D eigenvalue weighted by Crippen LogP contribution is -2.39. The van der Waals surface area contributed by atoms with Gasteiger partial charge in [-0.3, -0.25) is 0 Å². The summed E-state index contributed by atoms with van der Waals surface area (Å²) in [6.07, 6.45) is 0.118. The van der Waals surface area contributed by atoms with Gasteiger partial charge in [0.2, 0.25) is 0 Å². The Hall–Kier alpha value is -2.61. The first kappa shape index (κ1) is 22.1. The van der Waals surface area contributed by atoms with E-state index >= 15 is 0 Å². The fourth-order valence-corrected chi connectivity index (χ4v) is 3.30. The molecule has 1 N–H and O–H groups in total. The number of benzene rings is 2. The second-order valence-electron chi connectivity index (χ2n) is 7.10. The highest BCUT2D eigenvalue weighted by Crippen LogP contribution is 2.29. The van der Waals surface area contributed by atoms with Gasteiger partial charge in [0.1, 0.15) is 6.61 Å². The van der Waals surface area contributed by atoms with Crippen molar-refractivity contribution in [2.24, 2.45) is 0 Å². The zero-order valence-corrected chi connectivity index (χ0v) is 17.3. The minimum Gasteiger partial charge on any atom is -0.493 e. The van der Waals surface area contributed by atoms with Crippen molar-refractivity contribution in [3.8, 4) is 11.5 Å². The molecule has 1 fully saturated rings. The van der Waals surface area contributed by atoms with Gasteiger partial charge in [-0.05, 0) is 23.8 Å². The van der Waals surface area contributed by atoms with Gasteiger partial charge in [-0.1, -0.05) is 30.3 Å². The molecule has 0 saturated carbocycles. The maximum Gasteiger partial charge on any atom is 0.338 e. The van der Waals surface area contributed by atoms with Gasteiger partial charge in [0, 0.05) is 26.4 Å². The van der Waals surface area contributed by atoms with Crippen molar-refractivity contribution in [2.45, 2.75) is 37.8 Å². The van der Waals surface area contributed by atoms with Gasteiger partial charge in [-0.15, -0.1) is 0 Å². The van der Waals surface area contributed by atoms with E-state index in [-0.39, 0.29) is 6.61 Å². The number of methoxy groups -OCH3 is 2. The molecule has 0 radical (unpaired) electrons. The number of carbonyl (C=O) groups is 1. The molecular weight excluding hydrogens is 388 g/mol. The van der Waals surface area contributed by atoms with Crippen LogP contribution >= 0.6 is 0 Å². The number of ether oxygens (including phenoxy) is 5. The molecule has 1 heterocycles. The highest BCUT2D eigenvalue weighted by molar-refractivity contribution is 5.90. The Morgan fingerprint density at radius 1 is 1.10 bits per heavy atom. The van der Waals surface area contributed by atoms with E-state index in [9.17, 15) is 9.90 Å². The predicted octanol–water partition coefficient (Wildman–Crippen LogP) is 2.99. The topological polar surface area (TPSA) is 83.5 Å². The molecule has 1 saturated heterocycles. The Labute approximate surface area is 176 Å². The van der Waals surface area contributed by atoms with Gasteiger partial charge in [0.15, 0.2) is 17.8 Å². The maximum atomic E-state index is 12.4. The fraction of sp³-hybridized carbons (Fsp3) is 0.435. The summed E-state index contributed by atoms with van der Waals surface area (Å²) < 4.78 is 27.3. The van der Waals surface area contributed by atoms with Crippen LogP contribution in [-0.4, -0.2) is 57.0 Å². The lowest BCUT2D eigenvalue weighted by atomic mass is 10.1. The Kier molecular flexibility index (Phi) is 8.07. The van der Waals surface area contributed by atoms with E-state index in [1.54, 1.807) is 18.2 Å². The van der Waals surface area contributed by atoms with Crippen LogP contribution in [0.5, 0.6) is 11.5 Å². The molecule has 0 aliphatic carbocycles. The number of hydrogen-bond acceptors (Lipinski definition) is 7. The molecule has 162 valence electrons. The first-order valence-electron chi connectivity index (χ1n) is 9.97. The molecule has 0 spiro atoms. The average Bonchev–Trinajstić information content (AvgIpc) is 2.78. The van der Waals surface area contributed by atoms with E-state index in [0.29, 0.717) is 36.5 Å². The predicted molar refractivity (Wildman–Crippen MR) is 110 cm³/mol. The molecule has 1 aliphatic heterocycles. The smallest absolute Gasteiger partial charge is 0.338 e. The van der Waals surface area contributed by atoms with E-state index in [0.717, 1.165) is 6.42 Å². The second-order valence-corrected chi connectivity index (χ2v) is 7.10. The Morgan fingerprint density at radius 2 is 1.90 bits per heavy atom. The number of rotatable bonds is 9. The zero-order valence-electron chi connectivity index (χ0n) is 17.3. The number of carbonyl (C=O) groups excluding carboxylic acids is 1. The van der Waals surface area contributed by atoms with Gasteiger partial charge >= 0.3 is 5.97 Å². The molecule has 1 aliphatic rings. The van der Waals surface area contributed by atoms with E-state index in [2.05, 4.69) is 0 Å². The monoisotopic (exact) mass is 416 g/mol. The summed E-state index contributed by atoms with van der Waals surface area (Å²) in [6.45, 7) is 0.527. The van der Waals surface area contributed by atoms with Crippen LogP contribution in [0, 0.1) is 0 Å². The molecule has 3 atom stereocenters. The summed E-state index contributed by atoms with van der Waals surface area (Å²) in [5, 5.41) is 9.87. The van der Waals surface area contributed by atoms with E-state index in [1.165, 1.54) is 19.8 Å². The van der Waals surface area contributed by atoms with Crippen molar-refractivity contribution in [2.75, 3.05) is 27.4 Å². The third-order valence-corrected chi connectivity index (χ3v) is 4.90. The molecule has 0 aromatic heterocycles. The van der Waals surface area contributed by atoms with Crippen molar-refractivity contribution in [1.29, 1.82) is 0 Å². The SMILES string of the molecule is COc1cc(C(=O)OCC2CC(O)CC(OC)O2)ccc1OCCc1ccccc1.